The summed E-state index contributed by atoms with van der Waals surface area (Å²) in [6.45, 7) is 0.213. The van der Waals surface area contributed by atoms with Crippen LogP contribution in [0.5, 0.6) is 0 Å². The molecule has 0 atom stereocenters. The van der Waals surface area contributed by atoms with Crippen molar-refractivity contribution in [3.8, 4) is 6.07 Å². The number of nitrogens with one attached hydrogen (secondary N) is 1. The van der Waals surface area contributed by atoms with Crippen molar-refractivity contribution in [1.29, 1.82) is 5.26 Å². The molecule has 0 bridgehead atoms. The van der Waals surface area contributed by atoms with Gasteiger partial charge in [0.1, 0.15) is 0 Å². The van der Waals surface area contributed by atoms with Crippen molar-refractivity contribution in [1.82, 2.24) is 0 Å². The van der Waals surface area contributed by atoms with Crippen molar-refractivity contribution in [2.75, 3.05) is 5.32 Å². The number of anilines is 1. The summed E-state index contributed by atoms with van der Waals surface area (Å²) in [4.78, 5) is 0. The van der Waals surface area contributed by atoms with Crippen LogP contribution in [0.1, 0.15) is 16.7 Å². The van der Waals surface area contributed by atoms with Crippen LogP contribution < -0.4 is 5.32 Å². The fraction of sp³-hybridized carbons (Fsp3) is 0.133. The Labute approximate surface area is 124 Å². The van der Waals surface area contributed by atoms with Crippen LogP contribution in [0.25, 0.3) is 0 Å². The van der Waals surface area contributed by atoms with Crippen molar-refractivity contribution in [2.45, 2.75) is 12.7 Å². The van der Waals surface area contributed by atoms with Crippen LogP contribution in [0.4, 0.5) is 18.9 Å². The fourth-order valence-corrected chi connectivity index (χ4v) is 2.00. The molecule has 0 unspecified atom stereocenters. The molecule has 0 heterocycles. The van der Waals surface area contributed by atoms with E-state index in [4.69, 9.17) is 16.9 Å². The van der Waals surface area contributed by atoms with Gasteiger partial charge >= 0.3 is 6.18 Å². The second-order valence-electron chi connectivity index (χ2n) is 4.31. The Morgan fingerprint density at radius 2 is 1.86 bits per heavy atom. The van der Waals surface area contributed by atoms with Crippen LogP contribution >= 0.6 is 11.6 Å². The smallest absolute Gasteiger partial charge is 0.380 e. The van der Waals surface area contributed by atoms with Crippen LogP contribution in [-0.4, -0.2) is 0 Å². The second-order valence-corrected chi connectivity index (χ2v) is 4.72. The topological polar surface area (TPSA) is 35.8 Å². The first kappa shape index (κ1) is 15.2. The average Bonchev–Trinajstić information content (AvgIpc) is 2.45. The molecule has 0 amide bonds. The lowest BCUT2D eigenvalue weighted by Gasteiger charge is -2.13. The summed E-state index contributed by atoms with van der Waals surface area (Å²) in [7, 11) is 0. The van der Waals surface area contributed by atoms with Crippen LogP contribution in [0.15, 0.2) is 42.5 Å². The van der Waals surface area contributed by atoms with E-state index in [1.165, 1.54) is 6.07 Å². The van der Waals surface area contributed by atoms with Gasteiger partial charge in [-0.2, -0.15) is 18.4 Å². The van der Waals surface area contributed by atoms with Crippen molar-refractivity contribution >= 4 is 17.3 Å². The maximum absolute atomic E-state index is 12.7. The number of alkyl halides is 3. The SMILES string of the molecule is N#Cc1ccccc1CNc1cc(C(F)(F)F)ccc1Cl. The predicted molar refractivity (Wildman–Crippen MR) is 74.9 cm³/mol. The van der Waals surface area contributed by atoms with Crippen LogP contribution in [0.3, 0.4) is 0 Å². The number of benzene rings is 2. The highest BCUT2D eigenvalue weighted by atomic mass is 35.5. The molecule has 21 heavy (non-hydrogen) atoms. The van der Waals surface area contributed by atoms with E-state index in [2.05, 4.69) is 5.32 Å². The van der Waals surface area contributed by atoms with E-state index in [9.17, 15) is 13.2 Å². The summed E-state index contributed by atoms with van der Waals surface area (Å²) in [6.07, 6.45) is -4.43. The Hall–Kier alpha value is -2.19. The molecule has 1 N–H and O–H groups in total. The van der Waals surface area contributed by atoms with Gasteiger partial charge in [0.2, 0.25) is 0 Å². The first-order chi connectivity index (χ1) is 9.91. The molecule has 0 saturated carbocycles. The summed E-state index contributed by atoms with van der Waals surface area (Å²) < 4.78 is 38.0. The third kappa shape index (κ3) is 3.67. The molecule has 6 heteroatoms. The molecule has 0 fully saturated rings. The number of halogens is 4. The van der Waals surface area contributed by atoms with Gasteiger partial charge in [0, 0.05) is 6.54 Å². The number of nitriles is 1. The zero-order chi connectivity index (χ0) is 15.5. The van der Waals surface area contributed by atoms with Gasteiger partial charge in [-0.1, -0.05) is 29.8 Å². The molecule has 0 saturated heterocycles. The molecule has 2 aromatic carbocycles. The highest BCUT2D eigenvalue weighted by molar-refractivity contribution is 6.33. The molecule has 2 nitrogen and oxygen atoms in total. The molecule has 0 spiro atoms. The summed E-state index contributed by atoms with van der Waals surface area (Å²) in [5.74, 6) is 0. The molecule has 2 aromatic rings. The molecular weight excluding hydrogens is 301 g/mol. The van der Waals surface area contributed by atoms with E-state index in [1.807, 2.05) is 6.07 Å². The summed E-state index contributed by atoms with van der Waals surface area (Å²) >= 11 is 5.89. The lowest BCUT2D eigenvalue weighted by molar-refractivity contribution is -0.137. The van der Waals surface area contributed by atoms with Gasteiger partial charge in [-0.25, -0.2) is 0 Å². The Morgan fingerprint density at radius 3 is 2.52 bits per heavy atom. The monoisotopic (exact) mass is 310 g/mol. The van der Waals surface area contributed by atoms with E-state index in [-0.39, 0.29) is 17.3 Å². The van der Waals surface area contributed by atoms with Gasteiger partial charge in [-0.15, -0.1) is 0 Å². The van der Waals surface area contributed by atoms with Gasteiger partial charge in [0.25, 0.3) is 0 Å². The van der Waals surface area contributed by atoms with Gasteiger partial charge in [-0.05, 0) is 29.8 Å². The molecule has 108 valence electrons. The van der Waals surface area contributed by atoms with Crippen LogP contribution in [0, 0.1) is 11.3 Å². The van der Waals surface area contributed by atoms with E-state index < -0.39 is 11.7 Å². The second kappa shape index (κ2) is 6.06. The summed E-state index contributed by atoms with van der Waals surface area (Å²) in [5.41, 5.74) is 0.559. The zero-order valence-electron chi connectivity index (χ0n) is 10.7. The van der Waals surface area contributed by atoms with Gasteiger partial charge in [0.15, 0.2) is 0 Å². The Bertz CT molecular complexity index is 690. The predicted octanol–water partition coefficient (Wildman–Crippen LogP) is 4.84. The van der Waals surface area contributed by atoms with E-state index in [0.29, 0.717) is 11.1 Å². The maximum Gasteiger partial charge on any atom is 0.416 e. The van der Waals surface area contributed by atoms with E-state index >= 15 is 0 Å². The highest BCUT2D eigenvalue weighted by Crippen LogP contribution is 2.34. The lowest BCUT2D eigenvalue weighted by atomic mass is 10.1. The van der Waals surface area contributed by atoms with E-state index in [1.54, 1.807) is 24.3 Å². The molecule has 0 aromatic heterocycles. The third-order valence-corrected chi connectivity index (χ3v) is 3.23. The van der Waals surface area contributed by atoms with Gasteiger partial charge in [0.05, 0.1) is 27.9 Å². The number of rotatable bonds is 3. The number of hydrogen-bond donors (Lipinski definition) is 1. The van der Waals surface area contributed by atoms with Crippen LogP contribution in [0.2, 0.25) is 5.02 Å². The number of hydrogen-bond acceptors (Lipinski definition) is 2. The van der Waals surface area contributed by atoms with Gasteiger partial charge in [-0.3, -0.25) is 0 Å². The molecule has 0 radical (unpaired) electrons. The largest absolute Gasteiger partial charge is 0.416 e. The number of nitrogens with zero attached hydrogens (tertiary/aromatic N) is 1. The third-order valence-electron chi connectivity index (χ3n) is 2.90. The van der Waals surface area contributed by atoms with Crippen molar-refractivity contribution in [3.63, 3.8) is 0 Å². The zero-order valence-corrected chi connectivity index (χ0v) is 11.5. The molecule has 2 rings (SSSR count). The maximum atomic E-state index is 12.7. The normalized spacial score (nSPS) is 11.0. The first-order valence-corrected chi connectivity index (χ1v) is 6.38. The highest BCUT2D eigenvalue weighted by Gasteiger charge is 2.30. The Balaban J connectivity index is 2.22. The lowest BCUT2D eigenvalue weighted by Crippen LogP contribution is -2.07. The first-order valence-electron chi connectivity index (χ1n) is 6.00. The van der Waals surface area contributed by atoms with Crippen molar-refractivity contribution in [2.24, 2.45) is 0 Å². The minimum Gasteiger partial charge on any atom is -0.380 e. The van der Waals surface area contributed by atoms with Gasteiger partial charge < -0.3 is 5.32 Å². The van der Waals surface area contributed by atoms with Crippen molar-refractivity contribution in [3.05, 3.63) is 64.2 Å². The minimum atomic E-state index is -4.43. The average molecular weight is 311 g/mol. The molecule has 0 aliphatic carbocycles. The molecule has 0 aliphatic rings. The van der Waals surface area contributed by atoms with Crippen LogP contribution in [-0.2, 0) is 12.7 Å². The van der Waals surface area contributed by atoms with E-state index in [0.717, 1.165) is 12.1 Å². The molecular formula is C15H10ClF3N2. The Morgan fingerprint density at radius 1 is 1.14 bits per heavy atom. The standard InChI is InChI=1S/C15H10ClF3N2/c16-13-6-5-12(15(17,18)19)7-14(13)21-9-11-4-2-1-3-10(11)8-20/h1-7,21H,9H2. The van der Waals surface area contributed by atoms with Crippen molar-refractivity contribution < 1.29 is 13.2 Å². The quantitative estimate of drug-likeness (QED) is 0.880. The minimum absolute atomic E-state index is 0.180. The summed E-state index contributed by atoms with van der Waals surface area (Å²) in [5, 5.41) is 12.0. The summed E-state index contributed by atoms with van der Waals surface area (Å²) in [6, 6.07) is 12.0. The molecule has 0 aliphatic heterocycles. The Kier molecular flexibility index (Phi) is 4.39. The fourth-order valence-electron chi connectivity index (χ4n) is 1.81.